The predicted molar refractivity (Wildman–Crippen MR) is 65.5 cm³/mol. The summed E-state index contributed by atoms with van der Waals surface area (Å²) in [6, 6.07) is 6.94. The number of para-hydroxylation sites is 1. The summed E-state index contributed by atoms with van der Waals surface area (Å²) in [5, 5.41) is 12.2. The number of carbonyl (C=O) groups is 1. The van der Waals surface area contributed by atoms with Crippen LogP contribution < -0.4 is 5.32 Å². The molecule has 4 heteroatoms. The molecule has 0 bridgehead atoms. The number of aromatic carboxylic acids is 1. The molecule has 0 heterocycles. The molecule has 2 N–H and O–H groups in total. The second-order valence-corrected chi connectivity index (χ2v) is 4.44. The van der Waals surface area contributed by atoms with Crippen molar-refractivity contribution in [3.05, 3.63) is 29.8 Å². The number of carboxylic acid groups (broad SMARTS) is 1. The summed E-state index contributed by atoms with van der Waals surface area (Å²) in [5.41, 5.74) is 0.854. The summed E-state index contributed by atoms with van der Waals surface area (Å²) in [5.74, 6) is -0.909. The fourth-order valence-corrected chi connectivity index (χ4v) is 2.10. The van der Waals surface area contributed by atoms with Gasteiger partial charge in [-0.15, -0.1) is 0 Å². The predicted octanol–water partition coefficient (Wildman–Crippen LogP) is 2.37. The lowest BCUT2D eigenvalue weighted by Crippen LogP contribution is -2.45. The summed E-state index contributed by atoms with van der Waals surface area (Å²) in [4.78, 5) is 11.0. The van der Waals surface area contributed by atoms with Crippen LogP contribution in [0.15, 0.2) is 24.3 Å². The molecule has 0 unspecified atom stereocenters. The highest BCUT2D eigenvalue weighted by Crippen LogP contribution is 2.35. The molecule has 1 saturated carbocycles. The van der Waals surface area contributed by atoms with E-state index in [1.165, 1.54) is 6.42 Å². The van der Waals surface area contributed by atoms with E-state index in [4.69, 9.17) is 9.84 Å². The standard InChI is InChI=1S/C13H17NO3/c1-17-13(7-4-8-13)9-14-11-6-3-2-5-10(11)12(15)16/h2-3,5-6,14H,4,7-9H2,1H3,(H,15,16). The Hall–Kier alpha value is -1.55. The maximum atomic E-state index is 11.0. The second-order valence-electron chi connectivity index (χ2n) is 4.44. The van der Waals surface area contributed by atoms with Crippen molar-refractivity contribution >= 4 is 11.7 Å². The Morgan fingerprint density at radius 1 is 1.47 bits per heavy atom. The van der Waals surface area contributed by atoms with Gasteiger partial charge in [-0.3, -0.25) is 0 Å². The van der Waals surface area contributed by atoms with Gasteiger partial charge in [0, 0.05) is 19.3 Å². The van der Waals surface area contributed by atoms with Gasteiger partial charge in [0.05, 0.1) is 11.2 Å². The van der Waals surface area contributed by atoms with Gasteiger partial charge in [-0.25, -0.2) is 4.79 Å². The Kier molecular flexibility index (Phi) is 3.33. The third-order valence-corrected chi connectivity index (χ3v) is 3.46. The van der Waals surface area contributed by atoms with Crippen molar-refractivity contribution in [3.63, 3.8) is 0 Å². The van der Waals surface area contributed by atoms with Crippen LogP contribution >= 0.6 is 0 Å². The van der Waals surface area contributed by atoms with Crippen molar-refractivity contribution in [1.29, 1.82) is 0 Å². The minimum Gasteiger partial charge on any atom is -0.478 e. The minimum absolute atomic E-state index is 0.106. The van der Waals surface area contributed by atoms with Crippen LogP contribution in [0.3, 0.4) is 0 Å². The zero-order chi connectivity index (χ0) is 12.3. The van der Waals surface area contributed by atoms with Crippen molar-refractivity contribution in [2.24, 2.45) is 0 Å². The number of benzene rings is 1. The Labute approximate surface area is 101 Å². The van der Waals surface area contributed by atoms with Crippen molar-refractivity contribution in [2.45, 2.75) is 24.9 Å². The summed E-state index contributed by atoms with van der Waals surface area (Å²) in [6.45, 7) is 0.661. The van der Waals surface area contributed by atoms with Gasteiger partial charge in [0.25, 0.3) is 0 Å². The molecule has 1 aliphatic rings. The maximum absolute atomic E-state index is 11.0. The van der Waals surface area contributed by atoms with Crippen LogP contribution in [0.4, 0.5) is 5.69 Å². The van der Waals surface area contributed by atoms with Gasteiger partial charge < -0.3 is 15.2 Å². The Morgan fingerprint density at radius 2 is 2.18 bits per heavy atom. The van der Waals surface area contributed by atoms with Crippen LogP contribution in [0.2, 0.25) is 0 Å². The normalized spacial score (nSPS) is 17.2. The topological polar surface area (TPSA) is 58.6 Å². The average Bonchev–Trinajstić information content (AvgIpc) is 2.28. The summed E-state index contributed by atoms with van der Waals surface area (Å²) in [6.07, 6.45) is 3.24. The zero-order valence-electron chi connectivity index (χ0n) is 9.90. The summed E-state index contributed by atoms with van der Waals surface area (Å²) >= 11 is 0. The first-order valence-corrected chi connectivity index (χ1v) is 5.78. The molecule has 1 aromatic rings. The van der Waals surface area contributed by atoms with Gasteiger partial charge in [-0.1, -0.05) is 12.1 Å². The maximum Gasteiger partial charge on any atom is 0.337 e. The Balaban J connectivity index is 2.06. The minimum atomic E-state index is -0.909. The molecular weight excluding hydrogens is 218 g/mol. The van der Waals surface area contributed by atoms with Crippen LogP contribution in [0.25, 0.3) is 0 Å². The van der Waals surface area contributed by atoms with Crippen molar-refractivity contribution in [3.8, 4) is 0 Å². The molecular formula is C13H17NO3. The number of hydrogen-bond acceptors (Lipinski definition) is 3. The zero-order valence-corrected chi connectivity index (χ0v) is 9.90. The van der Waals surface area contributed by atoms with Crippen molar-refractivity contribution < 1.29 is 14.6 Å². The number of carboxylic acids is 1. The van der Waals surface area contributed by atoms with Crippen molar-refractivity contribution in [1.82, 2.24) is 0 Å². The first kappa shape index (κ1) is 11.9. The van der Waals surface area contributed by atoms with E-state index in [1.54, 1.807) is 25.3 Å². The van der Waals surface area contributed by atoms with Gasteiger partial charge in [-0.2, -0.15) is 0 Å². The molecule has 0 atom stereocenters. The number of methoxy groups -OCH3 is 1. The van der Waals surface area contributed by atoms with E-state index in [2.05, 4.69) is 5.32 Å². The molecule has 0 saturated heterocycles. The second kappa shape index (κ2) is 4.75. The fraction of sp³-hybridized carbons (Fsp3) is 0.462. The highest BCUT2D eigenvalue weighted by atomic mass is 16.5. The third-order valence-electron chi connectivity index (χ3n) is 3.46. The Morgan fingerprint density at radius 3 is 2.71 bits per heavy atom. The number of ether oxygens (including phenoxy) is 1. The lowest BCUT2D eigenvalue weighted by Gasteiger charge is -2.40. The summed E-state index contributed by atoms with van der Waals surface area (Å²) < 4.78 is 5.49. The lowest BCUT2D eigenvalue weighted by atomic mass is 9.80. The van der Waals surface area contributed by atoms with Gasteiger partial charge in [0.15, 0.2) is 0 Å². The molecule has 2 rings (SSSR count). The lowest BCUT2D eigenvalue weighted by molar-refractivity contribution is -0.0601. The third kappa shape index (κ3) is 2.42. The quantitative estimate of drug-likeness (QED) is 0.822. The van der Waals surface area contributed by atoms with Crippen LogP contribution in [-0.4, -0.2) is 30.3 Å². The molecule has 4 nitrogen and oxygen atoms in total. The highest BCUT2D eigenvalue weighted by Gasteiger charge is 2.36. The largest absolute Gasteiger partial charge is 0.478 e. The molecule has 0 amide bonds. The van der Waals surface area contributed by atoms with Gasteiger partial charge in [0.1, 0.15) is 0 Å². The molecule has 1 aliphatic carbocycles. The Bertz CT molecular complexity index is 407. The molecule has 17 heavy (non-hydrogen) atoms. The van der Waals surface area contributed by atoms with E-state index in [1.807, 2.05) is 6.07 Å². The number of rotatable bonds is 5. The fourth-order valence-electron chi connectivity index (χ4n) is 2.10. The molecule has 0 aliphatic heterocycles. The molecule has 0 radical (unpaired) electrons. The van der Waals surface area contributed by atoms with Gasteiger partial charge in [-0.05, 0) is 31.4 Å². The molecule has 1 aromatic carbocycles. The average molecular weight is 235 g/mol. The van der Waals surface area contributed by atoms with E-state index in [-0.39, 0.29) is 5.60 Å². The van der Waals surface area contributed by atoms with E-state index in [0.717, 1.165) is 12.8 Å². The number of hydrogen-bond donors (Lipinski definition) is 2. The van der Waals surface area contributed by atoms with E-state index in [9.17, 15) is 4.79 Å². The van der Waals surface area contributed by atoms with Crippen LogP contribution in [-0.2, 0) is 4.74 Å². The highest BCUT2D eigenvalue weighted by molar-refractivity contribution is 5.94. The molecule has 0 spiro atoms. The van der Waals surface area contributed by atoms with Crippen LogP contribution in [0.5, 0.6) is 0 Å². The van der Waals surface area contributed by atoms with E-state index >= 15 is 0 Å². The van der Waals surface area contributed by atoms with Gasteiger partial charge >= 0.3 is 5.97 Å². The number of nitrogens with one attached hydrogen (secondary N) is 1. The van der Waals surface area contributed by atoms with Crippen molar-refractivity contribution in [2.75, 3.05) is 19.0 Å². The van der Waals surface area contributed by atoms with Crippen LogP contribution in [0, 0.1) is 0 Å². The SMILES string of the molecule is COC1(CNc2ccccc2C(=O)O)CCC1. The first-order chi connectivity index (χ1) is 8.17. The van der Waals surface area contributed by atoms with E-state index < -0.39 is 5.97 Å². The molecule has 1 fully saturated rings. The smallest absolute Gasteiger partial charge is 0.337 e. The summed E-state index contributed by atoms with van der Waals surface area (Å²) in [7, 11) is 1.71. The van der Waals surface area contributed by atoms with E-state index in [0.29, 0.717) is 17.8 Å². The van der Waals surface area contributed by atoms with Gasteiger partial charge in [0.2, 0.25) is 0 Å². The monoisotopic (exact) mass is 235 g/mol. The number of anilines is 1. The van der Waals surface area contributed by atoms with Crippen LogP contribution in [0.1, 0.15) is 29.6 Å². The molecule has 0 aromatic heterocycles. The first-order valence-electron chi connectivity index (χ1n) is 5.78. The molecule has 92 valence electrons.